The summed E-state index contributed by atoms with van der Waals surface area (Å²) < 4.78 is 9.96. The van der Waals surface area contributed by atoms with E-state index >= 15 is 0 Å². The summed E-state index contributed by atoms with van der Waals surface area (Å²) in [5.41, 5.74) is 2.59. The van der Waals surface area contributed by atoms with Crippen molar-refractivity contribution in [2.45, 2.75) is 33.1 Å². The largest absolute Gasteiger partial charge is 0.494 e. The van der Waals surface area contributed by atoms with Crippen molar-refractivity contribution in [3.05, 3.63) is 46.4 Å². The van der Waals surface area contributed by atoms with Crippen molar-refractivity contribution in [1.82, 2.24) is 24.3 Å². The summed E-state index contributed by atoms with van der Waals surface area (Å²) in [6.45, 7) is 6.27. The Morgan fingerprint density at radius 1 is 1.12 bits per heavy atom. The van der Waals surface area contributed by atoms with Crippen LogP contribution < -0.4 is 20.5 Å². The average Bonchev–Trinajstić information content (AvgIpc) is 3.29. The summed E-state index contributed by atoms with van der Waals surface area (Å²) in [4.78, 5) is 31.7. The first-order valence-corrected chi connectivity index (χ1v) is 11.9. The van der Waals surface area contributed by atoms with Gasteiger partial charge in [0.15, 0.2) is 11.5 Å². The Balaban J connectivity index is 1.41. The number of fused-ring (bicyclic) bond motifs is 1. The summed E-state index contributed by atoms with van der Waals surface area (Å²) in [6.07, 6.45) is 3.43. The third-order valence-electron chi connectivity index (χ3n) is 5.61. The number of nitrogens with one attached hydrogen (secondary N) is 2. The van der Waals surface area contributed by atoms with Crippen LogP contribution in [0.25, 0.3) is 22.4 Å². The molecule has 1 aromatic carbocycles. The van der Waals surface area contributed by atoms with E-state index in [0.29, 0.717) is 34.5 Å². The van der Waals surface area contributed by atoms with Crippen molar-refractivity contribution >= 4 is 39.3 Å². The zero-order valence-corrected chi connectivity index (χ0v) is 19.4. The number of hydrogen-bond acceptors (Lipinski definition) is 9. The van der Waals surface area contributed by atoms with Gasteiger partial charge in [0, 0.05) is 35.9 Å². The molecule has 5 rings (SSSR count). The number of aryl methyl sites for hydroxylation is 1. The normalized spacial score (nSPS) is 13.9. The molecule has 0 spiro atoms. The molecule has 1 aliphatic heterocycles. The lowest BCUT2D eigenvalue weighted by molar-refractivity contribution is 0.340. The van der Waals surface area contributed by atoms with Gasteiger partial charge in [0.2, 0.25) is 11.1 Å². The average molecular weight is 464 g/mol. The van der Waals surface area contributed by atoms with Crippen LogP contribution in [-0.4, -0.2) is 44.0 Å². The van der Waals surface area contributed by atoms with Crippen molar-refractivity contribution in [2.24, 2.45) is 0 Å². The van der Waals surface area contributed by atoms with Crippen LogP contribution in [0.1, 0.15) is 31.9 Å². The van der Waals surface area contributed by atoms with E-state index in [2.05, 4.69) is 34.5 Å². The number of piperidine rings is 1. The van der Waals surface area contributed by atoms with Gasteiger partial charge in [0.1, 0.15) is 5.75 Å². The van der Waals surface area contributed by atoms with Gasteiger partial charge in [0.25, 0.3) is 5.56 Å². The van der Waals surface area contributed by atoms with E-state index in [9.17, 15) is 4.79 Å². The van der Waals surface area contributed by atoms with Gasteiger partial charge in [-0.3, -0.25) is 9.78 Å². The molecule has 0 unspecified atom stereocenters. The van der Waals surface area contributed by atoms with Gasteiger partial charge in [-0.15, -0.1) is 0 Å². The summed E-state index contributed by atoms with van der Waals surface area (Å²) in [7, 11) is 0. The molecule has 4 heterocycles. The minimum absolute atomic E-state index is 0.197. The second kappa shape index (κ2) is 9.14. The van der Waals surface area contributed by atoms with Crippen LogP contribution in [0.5, 0.6) is 5.75 Å². The maximum absolute atomic E-state index is 12.8. The molecule has 0 atom stereocenters. The van der Waals surface area contributed by atoms with Gasteiger partial charge in [0.05, 0.1) is 17.7 Å². The molecule has 1 saturated heterocycles. The fraction of sp³-hybridized carbons (Fsp3) is 0.348. The number of anilines is 3. The molecule has 4 aromatic rings. The number of rotatable bonds is 6. The zero-order valence-electron chi connectivity index (χ0n) is 18.6. The highest BCUT2D eigenvalue weighted by molar-refractivity contribution is 7.09. The number of ether oxygens (including phenoxy) is 1. The number of H-pyrrole nitrogens is 1. The molecular weight excluding hydrogens is 438 g/mol. The lowest BCUT2D eigenvalue weighted by atomic mass is 10.1. The lowest BCUT2D eigenvalue weighted by Crippen LogP contribution is -2.32. The summed E-state index contributed by atoms with van der Waals surface area (Å²) in [5.74, 6) is 1.95. The number of hydrogen-bond donors (Lipinski definition) is 2. The fourth-order valence-electron chi connectivity index (χ4n) is 3.93. The van der Waals surface area contributed by atoms with Crippen LogP contribution in [0.15, 0.2) is 35.1 Å². The third kappa shape index (κ3) is 4.51. The second-order valence-corrected chi connectivity index (χ2v) is 8.69. The molecule has 1 fully saturated rings. The quantitative estimate of drug-likeness (QED) is 0.436. The van der Waals surface area contributed by atoms with Gasteiger partial charge < -0.3 is 15.0 Å². The maximum atomic E-state index is 12.8. The molecule has 0 radical (unpaired) electrons. The van der Waals surface area contributed by atoms with E-state index < -0.39 is 0 Å². The Morgan fingerprint density at radius 3 is 2.67 bits per heavy atom. The Morgan fingerprint density at radius 2 is 1.91 bits per heavy atom. The summed E-state index contributed by atoms with van der Waals surface area (Å²) >= 11 is 1.25. The van der Waals surface area contributed by atoms with Crippen LogP contribution in [0, 0.1) is 6.92 Å². The van der Waals surface area contributed by atoms with Crippen molar-refractivity contribution in [2.75, 3.05) is 29.9 Å². The first-order valence-electron chi connectivity index (χ1n) is 11.1. The predicted octanol–water partition coefficient (Wildman–Crippen LogP) is 4.28. The molecular formula is C23H25N7O2S. The Kier molecular flexibility index (Phi) is 5.91. The van der Waals surface area contributed by atoms with Gasteiger partial charge in [-0.1, -0.05) is 0 Å². The van der Waals surface area contributed by atoms with Gasteiger partial charge in [-0.25, -0.2) is 4.98 Å². The Labute approximate surface area is 195 Å². The van der Waals surface area contributed by atoms with E-state index in [1.807, 2.05) is 38.1 Å². The highest BCUT2D eigenvalue weighted by Crippen LogP contribution is 2.28. The Bertz CT molecular complexity index is 1330. The second-order valence-electron chi connectivity index (χ2n) is 7.94. The van der Waals surface area contributed by atoms with E-state index in [4.69, 9.17) is 4.74 Å². The van der Waals surface area contributed by atoms with Gasteiger partial charge in [-0.2, -0.15) is 14.3 Å². The third-order valence-corrected chi connectivity index (χ3v) is 6.24. The maximum Gasteiger partial charge on any atom is 0.261 e. The number of benzene rings is 1. The molecule has 0 amide bonds. The summed E-state index contributed by atoms with van der Waals surface area (Å²) in [6, 6.07) is 9.46. The van der Waals surface area contributed by atoms with Crippen LogP contribution in [0.2, 0.25) is 0 Å². The smallest absolute Gasteiger partial charge is 0.261 e. The van der Waals surface area contributed by atoms with Gasteiger partial charge >= 0.3 is 0 Å². The van der Waals surface area contributed by atoms with Crippen LogP contribution in [0.3, 0.4) is 0 Å². The zero-order chi connectivity index (χ0) is 22.8. The summed E-state index contributed by atoms with van der Waals surface area (Å²) in [5, 5.41) is 4.35. The highest BCUT2D eigenvalue weighted by Gasteiger charge is 2.18. The highest BCUT2D eigenvalue weighted by atomic mass is 32.1. The van der Waals surface area contributed by atoms with Crippen LogP contribution >= 0.6 is 11.5 Å². The molecule has 10 heteroatoms. The fourth-order valence-corrected chi connectivity index (χ4v) is 4.54. The molecule has 0 bridgehead atoms. The number of pyridine rings is 1. The molecule has 0 saturated carbocycles. The topological polar surface area (TPSA) is 109 Å². The molecule has 9 nitrogen and oxygen atoms in total. The first-order chi connectivity index (χ1) is 16.1. The molecule has 3 aromatic heterocycles. The van der Waals surface area contributed by atoms with E-state index in [-0.39, 0.29) is 5.56 Å². The minimum Gasteiger partial charge on any atom is -0.494 e. The number of aromatic nitrogens is 5. The van der Waals surface area contributed by atoms with Gasteiger partial charge in [-0.05, 0) is 63.4 Å². The SMILES string of the molecule is CCOc1ccc(Nc2nc(-c3cc4c(=O)[nH]c(N5CCCCC5)nc4nc3C)ns2)cc1. The van der Waals surface area contributed by atoms with Crippen molar-refractivity contribution < 1.29 is 4.74 Å². The van der Waals surface area contributed by atoms with Crippen LogP contribution in [-0.2, 0) is 0 Å². The van der Waals surface area contributed by atoms with E-state index in [1.165, 1.54) is 18.0 Å². The van der Waals surface area contributed by atoms with E-state index in [1.54, 1.807) is 6.07 Å². The van der Waals surface area contributed by atoms with Crippen molar-refractivity contribution in [3.8, 4) is 17.1 Å². The van der Waals surface area contributed by atoms with Crippen molar-refractivity contribution in [3.63, 3.8) is 0 Å². The first kappa shape index (κ1) is 21.3. The molecule has 170 valence electrons. The number of aromatic amines is 1. The molecule has 1 aliphatic rings. The molecule has 0 aliphatic carbocycles. The predicted molar refractivity (Wildman–Crippen MR) is 131 cm³/mol. The Hall–Kier alpha value is -3.53. The standard InChI is InChI=1S/C23H25N7O2S/c1-3-32-16-9-7-15(8-10-16)25-23-27-20(29-33-23)17-13-18-19(24-14(17)2)26-22(28-21(18)31)30-11-5-4-6-12-30/h7-10,13H,3-6,11-12H2,1-2H3,(H,25,27,29)(H,24,26,28,31). The molecule has 2 N–H and O–H groups in total. The van der Waals surface area contributed by atoms with E-state index in [0.717, 1.165) is 48.6 Å². The van der Waals surface area contributed by atoms with Crippen LogP contribution in [0.4, 0.5) is 16.8 Å². The monoisotopic (exact) mass is 463 g/mol. The van der Waals surface area contributed by atoms with Crippen molar-refractivity contribution in [1.29, 1.82) is 0 Å². The molecule has 33 heavy (non-hydrogen) atoms. The minimum atomic E-state index is -0.197. The number of nitrogens with zero attached hydrogens (tertiary/aromatic N) is 5. The lowest BCUT2D eigenvalue weighted by Gasteiger charge is -2.26.